The lowest BCUT2D eigenvalue weighted by atomic mass is 9.33. The van der Waals surface area contributed by atoms with E-state index in [-0.39, 0.29) is 6.71 Å². The van der Waals surface area contributed by atoms with E-state index in [0.29, 0.717) is 0 Å². The smallest absolute Gasteiger partial charge is 0.252 e. The van der Waals surface area contributed by atoms with Gasteiger partial charge in [0.05, 0.1) is 5.41 Å². The molecule has 9 aromatic carbocycles. The number of anilines is 6. The molecule has 0 aliphatic carbocycles. The molecule has 61 heavy (non-hydrogen) atoms. The summed E-state index contributed by atoms with van der Waals surface area (Å²) in [6.45, 7) is 6.67. The van der Waals surface area contributed by atoms with Gasteiger partial charge in [0, 0.05) is 34.1 Å². The fraction of sp³-hybridized carbons (Fsp3) is 0.0690. The van der Waals surface area contributed by atoms with Crippen molar-refractivity contribution in [2.45, 2.75) is 26.2 Å². The molecule has 0 N–H and O–H groups in total. The Bertz CT molecular complexity index is 2940. The predicted octanol–water partition coefficient (Wildman–Crippen LogP) is 12.7. The maximum absolute atomic E-state index is 2.53. The van der Waals surface area contributed by atoms with Crippen molar-refractivity contribution in [2.24, 2.45) is 0 Å². The summed E-state index contributed by atoms with van der Waals surface area (Å²) in [4.78, 5) is 5.04. The van der Waals surface area contributed by atoms with Gasteiger partial charge in [-0.05, 0) is 119 Å². The molecule has 0 saturated heterocycles. The van der Waals surface area contributed by atoms with Crippen LogP contribution in [0.4, 0.5) is 34.1 Å². The summed E-state index contributed by atoms with van der Waals surface area (Å²) >= 11 is 0. The molecular formula is C58H45BN2. The SMILES string of the molecule is Cc1ccc(N2c3ccc(C)cc3B3c4cc(C)ccc4N(c4ccc(C(c5ccccc5)(c5ccccc5)c5ccccc5)cc4)c4cc(-c5ccccc5)cc2c43)cc1. The van der Waals surface area contributed by atoms with Crippen molar-refractivity contribution < 1.29 is 0 Å². The highest BCUT2D eigenvalue weighted by Crippen LogP contribution is 2.49. The maximum atomic E-state index is 2.53. The molecule has 0 radical (unpaired) electrons. The zero-order valence-corrected chi connectivity index (χ0v) is 34.8. The van der Waals surface area contributed by atoms with Gasteiger partial charge in [0.2, 0.25) is 0 Å². The number of aryl methyl sites for hydroxylation is 3. The van der Waals surface area contributed by atoms with Crippen LogP contribution in [-0.2, 0) is 5.41 Å². The Hall–Kier alpha value is -7.36. The summed E-state index contributed by atoms with van der Waals surface area (Å²) in [6.07, 6.45) is 0. The minimum atomic E-state index is -0.535. The van der Waals surface area contributed by atoms with E-state index in [0.717, 1.165) is 11.4 Å². The molecule has 0 aromatic heterocycles. The van der Waals surface area contributed by atoms with Gasteiger partial charge in [-0.2, -0.15) is 0 Å². The average molecular weight is 781 g/mol. The van der Waals surface area contributed by atoms with Gasteiger partial charge in [-0.3, -0.25) is 0 Å². The lowest BCUT2D eigenvalue weighted by Gasteiger charge is -2.45. The molecule has 2 heterocycles. The summed E-state index contributed by atoms with van der Waals surface area (Å²) in [7, 11) is 0. The van der Waals surface area contributed by atoms with Crippen molar-refractivity contribution in [3.63, 3.8) is 0 Å². The van der Waals surface area contributed by atoms with E-state index < -0.39 is 5.41 Å². The third kappa shape index (κ3) is 5.95. The normalized spacial score (nSPS) is 12.7. The highest BCUT2D eigenvalue weighted by molar-refractivity contribution is 7.00. The van der Waals surface area contributed by atoms with Gasteiger partial charge in [-0.25, -0.2) is 0 Å². The molecule has 0 saturated carbocycles. The summed E-state index contributed by atoms with van der Waals surface area (Å²) in [5.74, 6) is 0. The first-order valence-electron chi connectivity index (χ1n) is 21.4. The molecule has 0 spiro atoms. The molecule has 0 atom stereocenters. The zero-order valence-electron chi connectivity index (χ0n) is 34.8. The van der Waals surface area contributed by atoms with Crippen LogP contribution >= 0.6 is 0 Å². The van der Waals surface area contributed by atoms with Crippen molar-refractivity contribution >= 4 is 57.2 Å². The Labute approximate surface area is 360 Å². The minimum absolute atomic E-state index is 0.0544. The summed E-state index contributed by atoms with van der Waals surface area (Å²) < 4.78 is 0. The highest BCUT2D eigenvalue weighted by Gasteiger charge is 2.44. The summed E-state index contributed by atoms with van der Waals surface area (Å²) in [5.41, 5.74) is 21.7. The number of hydrogen-bond donors (Lipinski definition) is 0. The fourth-order valence-corrected chi connectivity index (χ4v) is 10.2. The number of nitrogens with zero attached hydrogens (tertiary/aromatic N) is 2. The Morgan fingerprint density at radius 1 is 0.328 bits per heavy atom. The predicted molar refractivity (Wildman–Crippen MR) is 258 cm³/mol. The highest BCUT2D eigenvalue weighted by atomic mass is 15.2. The number of fused-ring (bicyclic) bond motifs is 4. The van der Waals surface area contributed by atoms with Gasteiger partial charge in [-0.1, -0.05) is 187 Å². The Balaban J connectivity index is 1.18. The van der Waals surface area contributed by atoms with Crippen molar-refractivity contribution in [2.75, 3.05) is 9.80 Å². The quantitative estimate of drug-likeness (QED) is 0.117. The van der Waals surface area contributed by atoms with Gasteiger partial charge in [0.25, 0.3) is 6.71 Å². The second-order valence-electron chi connectivity index (χ2n) is 16.8. The van der Waals surface area contributed by atoms with Crippen molar-refractivity contribution in [3.05, 3.63) is 257 Å². The maximum Gasteiger partial charge on any atom is 0.252 e. The average Bonchev–Trinajstić information content (AvgIpc) is 3.31. The fourth-order valence-electron chi connectivity index (χ4n) is 10.2. The molecule has 0 bridgehead atoms. The van der Waals surface area contributed by atoms with Crippen LogP contribution < -0.4 is 26.2 Å². The standard InChI is InChI=1S/C58H45BN2/c1-40-24-30-49(31-25-40)60-53-34-26-41(2)36-51(53)59-52-37-42(3)27-35-54(52)61(56-39-44(38-55(60)57(56)59)43-16-8-4-9-17-43)50-32-28-48(29-33-50)58(45-18-10-5-11-19-45,46-20-12-6-13-21-46)47-22-14-7-15-23-47/h4-39H,1-3H3. The zero-order chi connectivity index (χ0) is 41.1. The van der Waals surface area contributed by atoms with Crippen LogP contribution in [0.25, 0.3) is 11.1 Å². The van der Waals surface area contributed by atoms with Crippen LogP contribution in [0.3, 0.4) is 0 Å². The number of benzene rings is 9. The first kappa shape index (κ1) is 36.7. The topological polar surface area (TPSA) is 6.48 Å². The number of hydrogen-bond acceptors (Lipinski definition) is 2. The van der Waals surface area contributed by atoms with Crippen molar-refractivity contribution in [3.8, 4) is 11.1 Å². The number of rotatable bonds is 7. The first-order chi connectivity index (χ1) is 30.0. The van der Waals surface area contributed by atoms with E-state index in [1.807, 2.05) is 0 Å². The molecule has 2 aliphatic heterocycles. The Kier molecular flexibility index (Phi) is 8.86. The van der Waals surface area contributed by atoms with Crippen LogP contribution in [0, 0.1) is 20.8 Å². The van der Waals surface area contributed by atoms with Gasteiger partial charge in [-0.15, -0.1) is 0 Å². The van der Waals surface area contributed by atoms with Crippen LogP contribution in [0.1, 0.15) is 38.9 Å². The minimum Gasteiger partial charge on any atom is -0.311 e. The molecule has 0 amide bonds. The second-order valence-corrected chi connectivity index (χ2v) is 16.8. The Morgan fingerprint density at radius 3 is 1.15 bits per heavy atom. The van der Waals surface area contributed by atoms with E-state index >= 15 is 0 Å². The lowest BCUT2D eigenvalue weighted by molar-refractivity contribution is 0.745. The lowest BCUT2D eigenvalue weighted by Crippen LogP contribution is -2.61. The van der Waals surface area contributed by atoms with Gasteiger partial charge in [0.1, 0.15) is 0 Å². The van der Waals surface area contributed by atoms with Crippen LogP contribution in [0.15, 0.2) is 218 Å². The molecule has 290 valence electrons. The van der Waals surface area contributed by atoms with Gasteiger partial charge >= 0.3 is 0 Å². The molecule has 9 aromatic rings. The second kappa shape index (κ2) is 14.7. The monoisotopic (exact) mass is 780 g/mol. The molecule has 0 fully saturated rings. The van der Waals surface area contributed by atoms with Crippen molar-refractivity contribution in [1.29, 1.82) is 0 Å². The van der Waals surface area contributed by atoms with Crippen LogP contribution in [0.2, 0.25) is 0 Å². The molecular weight excluding hydrogens is 735 g/mol. The van der Waals surface area contributed by atoms with Gasteiger partial charge < -0.3 is 9.80 Å². The first-order valence-corrected chi connectivity index (χ1v) is 21.4. The third-order valence-corrected chi connectivity index (χ3v) is 13.0. The van der Waals surface area contributed by atoms with E-state index in [4.69, 9.17) is 0 Å². The van der Waals surface area contributed by atoms with Gasteiger partial charge in [0.15, 0.2) is 0 Å². The molecule has 3 heteroatoms. The molecule has 11 rings (SSSR count). The van der Waals surface area contributed by atoms with E-state index in [1.54, 1.807) is 0 Å². The van der Waals surface area contributed by atoms with Crippen LogP contribution in [0.5, 0.6) is 0 Å². The molecule has 0 unspecified atom stereocenters. The van der Waals surface area contributed by atoms with E-state index in [9.17, 15) is 0 Å². The summed E-state index contributed by atoms with van der Waals surface area (Å²) in [5, 5.41) is 0. The molecule has 2 aliphatic rings. The third-order valence-electron chi connectivity index (χ3n) is 13.0. The van der Waals surface area contributed by atoms with E-state index in [2.05, 4.69) is 249 Å². The van der Waals surface area contributed by atoms with Crippen molar-refractivity contribution in [1.82, 2.24) is 0 Å². The van der Waals surface area contributed by atoms with E-state index in [1.165, 1.54) is 89.2 Å². The van der Waals surface area contributed by atoms with Crippen LogP contribution in [-0.4, -0.2) is 6.71 Å². The Morgan fingerprint density at radius 2 is 0.705 bits per heavy atom. The largest absolute Gasteiger partial charge is 0.311 e. The molecule has 2 nitrogen and oxygen atoms in total. The summed E-state index contributed by atoms with van der Waals surface area (Å²) in [6, 6.07) is 81.2.